The van der Waals surface area contributed by atoms with Crippen molar-refractivity contribution in [3.05, 3.63) is 71.7 Å². The second kappa shape index (κ2) is 12.4. The zero-order valence-electron chi connectivity index (χ0n) is 21.6. The lowest BCUT2D eigenvalue weighted by molar-refractivity contribution is -0.111. The molecule has 0 aliphatic carbocycles. The van der Waals surface area contributed by atoms with E-state index in [1.807, 2.05) is 12.1 Å². The maximum Gasteiger partial charge on any atom is 0.263 e. The molecule has 37 heavy (non-hydrogen) atoms. The molecule has 3 rings (SSSR count). The van der Waals surface area contributed by atoms with E-state index >= 15 is 0 Å². The van der Waals surface area contributed by atoms with E-state index < -0.39 is 10.0 Å². The molecule has 0 fully saturated rings. The van der Waals surface area contributed by atoms with E-state index in [1.165, 1.54) is 30.3 Å². The van der Waals surface area contributed by atoms with Gasteiger partial charge in [-0.3, -0.25) is 9.52 Å². The molecule has 10 heteroatoms. The van der Waals surface area contributed by atoms with E-state index in [9.17, 15) is 13.2 Å². The number of sulfonamides is 1. The van der Waals surface area contributed by atoms with Crippen LogP contribution in [0.3, 0.4) is 0 Å². The van der Waals surface area contributed by atoms with Gasteiger partial charge < -0.3 is 14.8 Å². The summed E-state index contributed by atoms with van der Waals surface area (Å²) in [5.74, 6) is 2.08. The third-order valence-electron chi connectivity index (χ3n) is 5.20. The van der Waals surface area contributed by atoms with Crippen molar-refractivity contribution < 1.29 is 22.7 Å². The maximum atomic E-state index is 12.7. The van der Waals surface area contributed by atoms with E-state index in [0.29, 0.717) is 41.2 Å². The lowest BCUT2D eigenvalue weighted by Gasteiger charge is -2.12. The third kappa shape index (κ3) is 8.32. The summed E-state index contributed by atoms with van der Waals surface area (Å²) in [5, 5.41) is 2.72. The summed E-state index contributed by atoms with van der Waals surface area (Å²) < 4.78 is 39.0. The molecule has 0 aliphatic rings. The highest BCUT2D eigenvalue weighted by molar-refractivity contribution is 7.92. The first-order valence-electron chi connectivity index (χ1n) is 11.8. The molecule has 0 spiro atoms. The van der Waals surface area contributed by atoms with Crippen LogP contribution in [0.25, 0.3) is 6.08 Å². The van der Waals surface area contributed by atoms with Gasteiger partial charge in [-0.05, 0) is 74.2 Å². The van der Waals surface area contributed by atoms with Crippen LogP contribution in [-0.2, 0) is 14.8 Å². The summed E-state index contributed by atoms with van der Waals surface area (Å²) in [6.45, 7) is 8.31. The van der Waals surface area contributed by atoms with Crippen molar-refractivity contribution in [3.63, 3.8) is 0 Å². The number of aromatic nitrogens is 2. The van der Waals surface area contributed by atoms with Gasteiger partial charge in [0.25, 0.3) is 10.0 Å². The highest BCUT2D eigenvalue weighted by Crippen LogP contribution is 2.29. The molecule has 0 saturated carbocycles. The van der Waals surface area contributed by atoms with E-state index in [0.717, 1.165) is 12.0 Å². The molecule has 3 aromatic rings. The van der Waals surface area contributed by atoms with Gasteiger partial charge in [-0.2, -0.15) is 0 Å². The number of hydrogen-bond acceptors (Lipinski definition) is 7. The van der Waals surface area contributed by atoms with Gasteiger partial charge in [0.15, 0.2) is 11.5 Å². The smallest absolute Gasteiger partial charge is 0.263 e. The van der Waals surface area contributed by atoms with Crippen LogP contribution in [0.15, 0.2) is 59.5 Å². The van der Waals surface area contributed by atoms with Crippen LogP contribution in [0.1, 0.15) is 37.4 Å². The Balaban J connectivity index is 1.61. The van der Waals surface area contributed by atoms with Crippen molar-refractivity contribution in [2.75, 3.05) is 23.8 Å². The summed E-state index contributed by atoms with van der Waals surface area (Å²) in [5.41, 5.74) is 1.88. The molecule has 0 bridgehead atoms. The van der Waals surface area contributed by atoms with E-state index in [2.05, 4.69) is 33.9 Å². The normalized spacial score (nSPS) is 11.5. The van der Waals surface area contributed by atoms with Crippen molar-refractivity contribution in [1.29, 1.82) is 0 Å². The zero-order chi connectivity index (χ0) is 27.0. The first-order valence-corrected chi connectivity index (χ1v) is 13.3. The van der Waals surface area contributed by atoms with Crippen LogP contribution < -0.4 is 19.5 Å². The summed E-state index contributed by atoms with van der Waals surface area (Å²) in [4.78, 5) is 20.7. The molecule has 1 amide bonds. The third-order valence-corrected chi connectivity index (χ3v) is 6.58. The van der Waals surface area contributed by atoms with E-state index in [1.54, 1.807) is 39.2 Å². The first kappa shape index (κ1) is 27.7. The number of amides is 1. The molecule has 0 radical (unpaired) electrons. The second-order valence-corrected chi connectivity index (χ2v) is 10.5. The van der Waals surface area contributed by atoms with Gasteiger partial charge >= 0.3 is 0 Å². The maximum absolute atomic E-state index is 12.7. The average Bonchev–Trinajstić information content (AvgIpc) is 2.82. The number of carbonyl (C=O) groups excluding carboxylic acids is 1. The number of nitrogens with zero attached hydrogens (tertiary/aromatic N) is 2. The van der Waals surface area contributed by atoms with Gasteiger partial charge in [0.2, 0.25) is 5.91 Å². The summed E-state index contributed by atoms with van der Waals surface area (Å²) in [6, 6.07) is 12.8. The number of hydrogen-bond donors (Lipinski definition) is 2. The molecule has 0 unspecified atom stereocenters. The lowest BCUT2D eigenvalue weighted by Crippen LogP contribution is -2.15. The molecule has 0 aliphatic heterocycles. The number of anilines is 2. The Morgan fingerprint density at radius 1 is 1.03 bits per heavy atom. The SMILES string of the molecule is COc1cc(C=CC(=O)Nc2ccc(S(=O)(=O)Nc3cc(C)nc(C)n3)cc2)ccc1OCCC(C)C. The zero-order valence-corrected chi connectivity index (χ0v) is 22.4. The van der Waals surface area contributed by atoms with Crippen LogP contribution in [0.2, 0.25) is 0 Å². The van der Waals surface area contributed by atoms with Crippen molar-refractivity contribution in [2.24, 2.45) is 5.92 Å². The Morgan fingerprint density at radius 3 is 2.41 bits per heavy atom. The molecular weight excluding hydrogens is 492 g/mol. The number of nitrogens with one attached hydrogen (secondary N) is 2. The van der Waals surface area contributed by atoms with Crippen LogP contribution in [0.4, 0.5) is 11.5 Å². The quantitative estimate of drug-likeness (QED) is 0.340. The fourth-order valence-electron chi connectivity index (χ4n) is 3.35. The molecule has 0 saturated heterocycles. The fourth-order valence-corrected chi connectivity index (χ4v) is 4.34. The predicted molar refractivity (Wildman–Crippen MR) is 144 cm³/mol. The Hall–Kier alpha value is -3.92. The minimum absolute atomic E-state index is 0.0396. The summed E-state index contributed by atoms with van der Waals surface area (Å²) in [7, 11) is -2.28. The Kier molecular flexibility index (Phi) is 9.24. The number of methoxy groups -OCH3 is 1. The topological polar surface area (TPSA) is 120 Å². The first-order chi connectivity index (χ1) is 17.6. The van der Waals surface area contributed by atoms with Gasteiger partial charge in [0, 0.05) is 23.5 Å². The Labute approximate surface area is 218 Å². The van der Waals surface area contributed by atoms with Crippen LogP contribution >= 0.6 is 0 Å². The van der Waals surface area contributed by atoms with Crippen LogP contribution in [0.5, 0.6) is 11.5 Å². The number of rotatable bonds is 11. The van der Waals surface area contributed by atoms with Crippen molar-refractivity contribution in [2.45, 2.75) is 39.0 Å². The highest BCUT2D eigenvalue weighted by atomic mass is 32.2. The lowest BCUT2D eigenvalue weighted by atomic mass is 10.1. The standard InChI is InChI=1S/C27H32N4O5S/c1-18(2)14-15-36-24-12-6-21(17-25(24)35-5)7-13-27(32)30-22-8-10-23(11-9-22)37(33,34)31-26-16-19(3)28-20(4)29-26/h6-13,16-18H,14-15H2,1-5H3,(H,30,32)(H,28,29,31). The number of ether oxygens (including phenoxy) is 2. The van der Waals surface area contributed by atoms with Gasteiger partial charge in [-0.1, -0.05) is 19.9 Å². The summed E-state index contributed by atoms with van der Waals surface area (Å²) >= 11 is 0. The van der Waals surface area contributed by atoms with Crippen LogP contribution in [-0.4, -0.2) is 38.0 Å². The van der Waals surface area contributed by atoms with E-state index in [-0.39, 0.29) is 16.6 Å². The monoisotopic (exact) mass is 524 g/mol. The number of carbonyl (C=O) groups is 1. The van der Waals surface area contributed by atoms with Crippen LogP contribution in [0, 0.1) is 19.8 Å². The molecule has 1 heterocycles. The minimum atomic E-state index is -3.85. The highest BCUT2D eigenvalue weighted by Gasteiger charge is 2.15. The Morgan fingerprint density at radius 2 is 1.76 bits per heavy atom. The van der Waals surface area contributed by atoms with Crippen molar-refractivity contribution in [1.82, 2.24) is 9.97 Å². The van der Waals surface area contributed by atoms with Gasteiger partial charge in [0.05, 0.1) is 18.6 Å². The average molecular weight is 525 g/mol. The number of aryl methyl sites for hydroxylation is 2. The predicted octanol–water partition coefficient (Wildman–Crippen LogP) is 4.98. The molecule has 2 aromatic carbocycles. The molecule has 1 aromatic heterocycles. The fraction of sp³-hybridized carbons (Fsp3) is 0.296. The van der Waals surface area contributed by atoms with Gasteiger partial charge in [0.1, 0.15) is 11.6 Å². The van der Waals surface area contributed by atoms with E-state index in [4.69, 9.17) is 9.47 Å². The molecular formula is C27H32N4O5S. The second-order valence-electron chi connectivity index (χ2n) is 8.84. The minimum Gasteiger partial charge on any atom is -0.493 e. The number of benzene rings is 2. The van der Waals surface area contributed by atoms with Crippen molar-refractivity contribution >= 4 is 33.5 Å². The largest absolute Gasteiger partial charge is 0.493 e. The Bertz CT molecular complexity index is 1350. The van der Waals surface area contributed by atoms with Crippen molar-refractivity contribution in [3.8, 4) is 11.5 Å². The summed E-state index contributed by atoms with van der Waals surface area (Å²) in [6.07, 6.45) is 3.99. The van der Waals surface area contributed by atoms with Gasteiger partial charge in [-0.25, -0.2) is 18.4 Å². The molecule has 9 nitrogen and oxygen atoms in total. The molecule has 196 valence electrons. The molecule has 2 N–H and O–H groups in total. The molecule has 0 atom stereocenters. The van der Waals surface area contributed by atoms with Gasteiger partial charge in [-0.15, -0.1) is 0 Å².